The van der Waals surface area contributed by atoms with Gasteiger partial charge in [-0.05, 0) is 41.5 Å². The van der Waals surface area contributed by atoms with Crippen LogP contribution in [0.1, 0.15) is 55.4 Å². The summed E-state index contributed by atoms with van der Waals surface area (Å²) in [5, 5.41) is 3.30. The summed E-state index contributed by atoms with van der Waals surface area (Å²) < 4.78 is 56.1. The third-order valence-electron chi connectivity index (χ3n) is 6.49. The summed E-state index contributed by atoms with van der Waals surface area (Å²) in [5.41, 5.74) is -0.162. The fourth-order valence-corrected chi connectivity index (χ4v) is 9.68. The SMILES string of the molecule is CC1(C)COP(=O)([C@H]2N[C@H]([C@H]3O[C@@H]4OC(C)(C)O[C@@H]4[C@H]4OC(C)(C)O[C@H]43)SC2(C)C)OC1. The molecule has 5 heterocycles. The zero-order valence-corrected chi connectivity index (χ0v) is 21.8. The Hall–Kier alpha value is 0.260. The van der Waals surface area contributed by atoms with Crippen LogP contribution in [0.3, 0.4) is 0 Å². The van der Waals surface area contributed by atoms with E-state index in [1.54, 1.807) is 11.8 Å². The molecular formula is C21H36NO8PS. The second-order valence-corrected chi connectivity index (χ2v) is 15.5. The van der Waals surface area contributed by atoms with Crippen LogP contribution >= 0.6 is 19.4 Å². The molecule has 7 atom stereocenters. The Bertz CT molecular complexity index is 806. The van der Waals surface area contributed by atoms with Gasteiger partial charge in [0.15, 0.2) is 17.9 Å². The summed E-state index contributed by atoms with van der Waals surface area (Å²) in [6.45, 7) is 16.5. The zero-order chi connectivity index (χ0) is 23.3. The molecule has 0 amide bonds. The van der Waals surface area contributed by atoms with Crippen molar-refractivity contribution in [2.24, 2.45) is 5.41 Å². The number of ether oxygens (including phenoxy) is 5. The predicted octanol–water partition coefficient (Wildman–Crippen LogP) is 3.42. The molecule has 0 aromatic carbocycles. The molecule has 5 aliphatic rings. The molecule has 1 N–H and O–H groups in total. The second-order valence-electron chi connectivity index (χ2n) is 11.6. The van der Waals surface area contributed by atoms with Crippen molar-refractivity contribution >= 4 is 19.4 Å². The standard InChI is InChI=1S/C21H36NO8PS/c1-18(2)9-24-31(23,25-10-18)17-19(3,4)32-15(22-17)13-11-12(28-20(5,6)27-11)14-16(26-13)30-21(7,8)29-14/h11-17,22H,9-10H2,1-8H3/t11-,12+,13+,14-,15+,16-,17-/m1/s1. The molecule has 0 saturated carbocycles. The van der Waals surface area contributed by atoms with Crippen molar-refractivity contribution < 1.29 is 37.3 Å². The number of nitrogens with one attached hydrogen (secondary N) is 1. The summed E-state index contributed by atoms with van der Waals surface area (Å²) in [6.07, 6.45) is -2.05. The van der Waals surface area contributed by atoms with Crippen LogP contribution < -0.4 is 5.32 Å². The molecule has 0 bridgehead atoms. The van der Waals surface area contributed by atoms with Gasteiger partial charge in [0.1, 0.15) is 30.2 Å². The molecule has 0 aliphatic carbocycles. The third-order valence-corrected chi connectivity index (χ3v) is 10.6. The lowest BCUT2D eigenvalue weighted by atomic mass is 9.97. The Morgan fingerprint density at radius 1 is 0.781 bits per heavy atom. The summed E-state index contributed by atoms with van der Waals surface area (Å²) >= 11 is 1.66. The highest BCUT2D eigenvalue weighted by Crippen LogP contribution is 2.64. The van der Waals surface area contributed by atoms with E-state index in [9.17, 15) is 4.57 Å². The summed E-state index contributed by atoms with van der Waals surface area (Å²) in [7, 11) is -3.36. The van der Waals surface area contributed by atoms with Gasteiger partial charge in [-0.2, -0.15) is 0 Å². The number of fused-ring (bicyclic) bond motifs is 3. The van der Waals surface area contributed by atoms with Gasteiger partial charge in [-0.1, -0.05) is 13.8 Å². The van der Waals surface area contributed by atoms with E-state index in [2.05, 4.69) is 19.2 Å². The maximum atomic E-state index is 13.7. The van der Waals surface area contributed by atoms with Crippen LogP contribution in [-0.4, -0.2) is 71.4 Å². The summed E-state index contributed by atoms with van der Waals surface area (Å²) in [4.78, 5) is 0. The molecule has 5 saturated heterocycles. The fraction of sp³-hybridized carbons (Fsp3) is 1.00. The molecule has 0 aromatic heterocycles. The van der Waals surface area contributed by atoms with E-state index in [0.717, 1.165) is 0 Å². The average Bonchev–Trinajstić information content (AvgIpc) is 3.25. The van der Waals surface area contributed by atoms with E-state index in [0.29, 0.717) is 13.2 Å². The van der Waals surface area contributed by atoms with Crippen molar-refractivity contribution in [3.8, 4) is 0 Å². The Morgan fingerprint density at radius 3 is 1.94 bits per heavy atom. The highest BCUT2D eigenvalue weighted by molar-refractivity contribution is 8.02. The predicted molar refractivity (Wildman–Crippen MR) is 118 cm³/mol. The van der Waals surface area contributed by atoms with Gasteiger partial charge in [-0.25, -0.2) is 0 Å². The van der Waals surface area contributed by atoms with E-state index in [1.807, 2.05) is 41.5 Å². The van der Waals surface area contributed by atoms with Crippen molar-refractivity contribution in [3.05, 3.63) is 0 Å². The molecule has 9 nitrogen and oxygen atoms in total. The molecule has 5 aliphatic heterocycles. The number of rotatable bonds is 2. The largest absolute Gasteiger partial charge is 0.348 e. The van der Waals surface area contributed by atoms with Crippen LogP contribution in [-0.2, 0) is 37.3 Å². The van der Waals surface area contributed by atoms with Crippen molar-refractivity contribution in [1.82, 2.24) is 5.32 Å². The van der Waals surface area contributed by atoms with Gasteiger partial charge in [-0.15, -0.1) is 11.8 Å². The van der Waals surface area contributed by atoms with Crippen LogP contribution in [0.5, 0.6) is 0 Å². The van der Waals surface area contributed by atoms with Crippen LogP contribution in [0.2, 0.25) is 0 Å². The lowest BCUT2D eigenvalue weighted by Gasteiger charge is -2.40. The molecule has 5 fully saturated rings. The highest BCUT2D eigenvalue weighted by atomic mass is 32.2. The molecule has 0 unspecified atom stereocenters. The minimum absolute atomic E-state index is 0.162. The van der Waals surface area contributed by atoms with Gasteiger partial charge >= 0.3 is 7.60 Å². The normalized spacial score (nSPS) is 47.7. The lowest BCUT2D eigenvalue weighted by molar-refractivity contribution is -0.234. The zero-order valence-electron chi connectivity index (χ0n) is 20.1. The Morgan fingerprint density at radius 2 is 1.31 bits per heavy atom. The topological polar surface area (TPSA) is 93.7 Å². The Kier molecular flexibility index (Phi) is 5.53. The third kappa shape index (κ3) is 4.12. The van der Waals surface area contributed by atoms with Gasteiger partial charge in [-0.3, -0.25) is 9.88 Å². The van der Waals surface area contributed by atoms with E-state index >= 15 is 0 Å². The van der Waals surface area contributed by atoms with Crippen LogP contribution in [0, 0.1) is 5.41 Å². The average molecular weight is 494 g/mol. The minimum atomic E-state index is -3.36. The monoisotopic (exact) mass is 493 g/mol. The first kappa shape index (κ1) is 24.0. The molecule has 0 spiro atoms. The van der Waals surface area contributed by atoms with Crippen molar-refractivity contribution in [1.29, 1.82) is 0 Å². The smallest absolute Gasteiger partial charge is 0.342 e. The number of hydrogen-bond acceptors (Lipinski definition) is 10. The number of thioether (sulfide) groups is 1. The maximum Gasteiger partial charge on any atom is 0.348 e. The highest BCUT2D eigenvalue weighted by Gasteiger charge is 2.65. The van der Waals surface area contributed by atoms with E-state index in [1.165, 1.54) is 0 Å². The molecular weight excluding hydrogens is 457 g/mol. The lowest BCUT2D eigenvalue weighted by Crippen LogP contribution is -2.60. The molecule has 0 radical (unpaired) electrons. The van der Waals surface area contributed by atoms with Crippen LogP contribution in [0.15, 0.2) is 0 Å². The molecule has 5 rings (SSSR count). The summed E-state index contributed by atoms with van der Waals surface area (Å²) in [5.74, 6) is -2.02. The molecule has 0 aromatic rings. The Balaban J connectivity index is 1.39. The van der Waals surface area contributed by atoms with Crippen molar-refractivity contribution in [3.63, 3.8) is 0 Å². The molecule has 32 heavy (non-hydrogen) atoms. The minimum Gasteiger partial charge on any atom is -0.342 e. The number of hydrogen-bond donors (Lipinski definition) is 1. The fourth-order valence-electron chi connectivity index (χ4n) is 5.06. The molecule has 11 heteroatoms. The first-order valence-corrected chi connectivity index (χ1v) is 13.8. The Labute approximate surface area is 194 Å². The second kappa shape index (κ2) is 7.38. The van der Waals surface area contributed by atoms with Crippen LogP contribution in [0.4, 0.5) is 0 Å². The summed E-state index contributed by atoms with van der Waals surface area (Å²) in [6, 6.07) is 0. The van der Waals surface area contributed by atoms with E-state index in [-0.39, 0.29) is 29.1 Å². The van der Waals surface area contributed by atoms with Gasteiger partial charge < -0.3 is 32.7 Å². The first-order chi connectivity index (χ1) is 14.6. The quantitative estimate of drug-likeness (QED) is 0.577. The van der Waals surface area contributed by atoms with E-state index in [4.69, 9.17) is 32.7 Å². The maximum absolute atomic E-state index is 13.7. The first-order valence-electron chi connectivity index (χ1n) is 11.3. The van der Waals surface area contributed by atoms with Crippen molar-refractivity contribution in [2.75, 3.05) is 13.2 Å². The van der Waals surface area contributed by atoms with Gasteiger partial charge in [0.2, 0.25) is 0 Å². The van der Waals surface area contributed by atoms with Gasteiger partial charge in [0.25, 0.3) is 0 Å². The van der Waals surface area contributed by atoms with Gasteiger partial charge in [0.05, 0.1) is 18.6 Å². The van der Waals surface area contributed by atoms with Crippen LogP contribution in [0.25, 0.3) is 0 Å². The van der Waals surface area contributed by atoms with E-state index < -0.39 is 42.1 Å². The molecule has 184 valence electrons. The van der Waals surface area contributed by atoms with Gasteiger partial charge in [0, 0.05) is 10.2 Å². The van der Waals surface area contributed by atoms with Crippen molar-refractivity contribution in [2.45, 2.75) is 114 Å².